The van der Waals surface area contributed by atoms with Crippen LogP contribution >= 0.6 is 11.8 Å². The predicted octanol–water partition coefficient (Wildman–Crippen LogP) is 2.64. The van der Waals surface area contributed by atoms with Crippen LogP contribution in [0.1, 0.15) is 48.7 Å². The van der Waals surface area contributed by atoms with Crippen LogP contribution in [0, 0.1) is 12.8 Å². The summed E-state index contributed by atoms with van der Waals surface area (Å²) in [6.45, 7) is 7.97. The summed E-state index contributed by atoms with van der Waals surface area (Å²) in [5.41, 5.74) is 4.38. The Kier molecular flexibility index (Phi) is 5.33. The van der Waals surface area contributed by atoms with E-state index in [0.29, 0.717) is 11.6 Å². The summed E-state index contributed by atoms with van der Waals surface area (Å²) >= 11 is 1.41. The zero-order valence-corrected chi connectivity index (χ0v) is 19.3. The lowest BCUT2D eigenvalue weighted by Crippen LogP contribution is -2.54. The van der Waals surface area contributed by atoms with Crippen LogP contribution in [0.25, 0.3) is 0 Å². The van der Waals surface area contributed by atoms with Crippen LogP contribution in [0.5, 0.6) is 0 Å². The van der Waals surface area contributed by atoms with Crippen LogP contribution in [0.4, 0.5) is 10.5 Å². The van der Waals surface area contributed by atoms with Gasteiger partial charge in [0.25, 0.3) is 0 Å². The van der Waals surface area contributed by atoms with E-state index in [1.807, 2.05) is 13.1 Å². The highest BCUT2D eigenvalue weighted by Gasteiger charge is 2.58. The van der Waals surface area contributed by atoms with E-state index in [1.54, 1.807) is 12.3 Å². The van der Waals surface area contributed by atoms with Crippen LogP contribution in [0.2, 0.25) is 0 Å². The first-order valence-electron chi connectivity index (χ1n) is 11.1. The molecule has 0 aromatic carbocycles. The van der Waals surface area contributed by atoms with Gasteiger partial charge in [0.05, 0.1) is 11.7 Å². The van der Waals surface area contributed by atoms with Gasteiger partial charge in [-0.05, 0) is 49.9 Å². The largest absolute Gasteiger partial charge is 0.350 e. The standard InChI is InChI=1S/C23H28N6O2S/c1-12(2)8-15-9-13(3)16(11-26-15)23(21(30)27-14-4-6-24-10-14)19-18-17(28-22(31)29-19)5-7-25-20(18)32-23/h5,7,9,11-12,14,19,24H,4,6,8,10H2,1-3H3,(H,27,30)(H2,28,29,31). The molecule has 5 heterocycles. The molecule has 3 aliphatic rings. The summed E-state index contributed by atoms with van der Waals surface area (Å²) in [7, 11) is 0. The van der Waals surface area contributed by atoms with Gasteiger partial charge in [0.2, 0.25) is 5.91 Å². The molecule has 1 fully saturated rings. The molecule has 0 aliphatic carbocycles. The molecule has 4 N–H and O–H groups in total. The SMILES string of the molecule is Cc1cc(CC(C)C)ncc1C1(C(=O)NC2CCNC2)Sc2nccc3c2C1NC(=O)N3. The molecule has 0 saturated carbocycles. The van der Waals surface area contributed by atoms with Gasteiger partial charge in [-0.2, -0.15) is 0 Å². The summed E-state index contributed by atoms with van der Waals surface area (Å²) in [6, 6.07) is 3.07. The van der Waals surface area contributed by atoms with Crippen LogP contribution in [0.15, 0.2) is 29.6 Å². The third-order valence-electron chi connectivity index (χ3n) is 6.35. The molecule has 3 amide bonds. The lowest BCUT2D eigenvalue weighted by atomic mass is 9.83. The fourth-order valence-corrected chi connectivity index (χ4v) is 6.44. The Balaban J connectivity index is 1.64. The molecule has 8 nitrogen and oxygen atoms in total. The number of hydrogen-bond acceptors (Lipinski definition) is 6. The van der Waals surface area contributed by atoms with Crippen molar-refractivity contribution < 1.29 is 9.59 Å². The van der Waals surface area contributed by atoms with E-state index in [4.69, 9.17) is 4.98 Å². The Morgan fingerprint density at radius 1 is 1.38 bits per heavy atom. The second-order valence-corrected chi connectivity index (χ2v) is 10.4. The van der Waals surface area contributed by atoms with Crippen molar-refractivity contribution in [3.63, 3.8) is 0 Å². The maximum absolute atomic E-state index is 14.0. The summed E-state index contributed by atoms with van der Waals surface area (Å²) in [4.78, 5) is 35.9. The van der Waals surface area contributed by atoms with Gasteiger partial charge in [-0.3, -0.25) is 9.78 Å². The highest BCUT2D eigenvalue weighted by Crippen LogP contribution is 2.60. The summed E-state index contributed by atoms with van der Waals surface area (Å²) in [6.07, 6.45) is 5.26. The fourth-order valence-electron chi connectivity index (χ4n) is 4.91. The van der Waals surface area contributed by atoms with E-state index >= 15 is 0 Å². The Bertz CT molecular complexity index is 1080. The number of thioether (sulfide) groups is 1. The zero-order chi connectivity index (χ0) is 22.5. The normalized spacial score (nSPS) is 25.9. The minimum absolute atomic E-state index is 0.0574. The van der Waals surface area contributed by atoms with Crippen LogP contribution in [-0.2, 0) is 16.0 Å². The topological polar surface area (TPSA) is 108 Å². The molecule has 9 heteroatoms. The number of urea groups is 1. The number of aryl methyl sites for hydroxylation is 1. The summed E-state index contributed by atoms with van der Waals surface area (Å²) in [5, 5.41) is 13.2. The quantitative estimate of drug-likeness (QED) is 0.556. The molecular formula is C23H28N6O2S. The molecule has 0 radical (unpaired) electrons. The Labute approximate surface area is 191 Å². The number of carbonyl (C=O) groups is 2. The van der Waals surface area contributed by atoms with Gasteiger partial charge in [0.15, 0.2) is 4.75 Å². The number of anilines is 1. The van der Waals surface area contributed by atoms with Gasteiger partial charge in [-0.25, -0.2) is 9.78 Å². The van der Waals surface area contributed by atoms with Crippen molar-refractivity contribution in [2.45, 2.75) is 55.5 Å². The first-order chi connectivity index (χ1) is 15.4. The van der Waals surface area contributed by atoms with Crippen molar-refractivity contribution in [1.82, 2.24) is 25.9 Å². The summed E-state index contributed by atoms with van der Waals surface area (Å²) < 4.78 is -1.08. The zero-order valence-electron chi connectivity index (χ0n) is 18.5. The van der Waals surface area contributed by atoms with E-state index in [0.717, 1.165) is 53.3 Å². The predicted molar refractivity (Wildman–Crippen MR) is 124 cm³/mol. The summed E-state index contributed by atoms with van der Waals surface area (Å²) in [5.74, 6) is 0.370. The molecule has 3 atom stereocenters. The first-order valence-corrected chi connectivity index (χ1v) is 11.9. The van der Waals surface area contributed by atoms with Gasteiger partial charge in [-0.1, -0.05) is 25.6 Å². The minimum Gasteiger partial charge on any atom is -0.350 e. The highest BCUT2D eigenvalue weighted by molar-refractivity contribution is 8.01. The van der Waals surface area contributed by atoms with Crippen molar-refractivity contribution in [3.8, 4) is 0 Å². The van der Waals surface area contributed by atoms with Gasteiger partial charge in [-0.15, -0.1) is 0 Å². The molecule has 0 bridgehead atoms. The van der Waals surface area contributed by atoms with E-state index < -0.39 is 10.8 Å². The van der Waals surface area contributed by atoms with Crippen molar-refractivity contribution in [1.29, 1.82) is 0 Å². The van der Waals surface area contributed by atoms with Gasteiger partial charge >= 0.3 is 6.03 Å². The maximum Gasteiger partial charge on any atom is 0.319 e. The molecular weight excluding hydrogens is 424 g/mol. The first kappa shape index (κ1) is 21.2. The number of hydrogen-bond donors (Lipinski definition) is 4. The van der Waals surface area contributed by atoms with Crippen molar-refractivity contribution in [2.24, 2.45) is 5.92 Å². The van der Waals surface area contributed by atoms with Gasteiger partial charge in [0.1, 0.15) is 5.03 Å². The molecule has 1 saturated heterocycles. The van der Waals surface area contributed by atoms with Gasteiger partial charge < -0.3 is 21.3 Å². The molecule has 32 heavy (non-hydrogen) atoms. The van der Waals surface area contributed by atoms with Gasteiger partial charge in [0, 0.05) is 41.8 Å². The maximum atomic E-state index is 14.0. The average molecular weight is 453 g/mol. The molecule has 3 unspecified atom stereocenters. The van der Waals surface area contributed by atoms with Crippen molar-refractivity contribution in [2.75, 3.05) is 18.4 Å². The van der Waals surface area contributed by atoms with E-state index in [-0.39, 0.29) is 18.0 Å². The molecule has 2 aromatic rings. The molecule has 3 aliphatic heterocycles. The molecule has 2 aromatic heterocycles. The number of rotatable bonds is 5. The smallest absolute Gasteiger partial charge is 0.319 e. The number of carbonyl (C=O) groups excluding carboxylic acids is 2. The lowest BCUT2D eigenvalue weighted by Gasteiger charge is -2.37. The monoisotopic (exact) mass is 452 g/mol. The van der Waals surface area contributed by atoms with Crippen LogP contribution < -0.4 is 21.3 Å². The second-order valence-electron chi connectivity index (χ2n) is 9.20. The third kappa shape index (κ3) is 3.44. The fraction of sp³-hybridized carbons (Fsp3) is 0.478. The van der Waals surface area contributed by atoms with E-state index in [1.165, 1.54) is 11.8 Å². The second kappa shape index (κ2) is 8.04. The van der Waals surface area contributed by atoms with Crippen LogP contribution in [0.3, 0.4) is 0 Å². The number of nitrogens with one attached hydrogen (secondary N) is 4. The third-order valence-corrected chi connectivity index (χ3v) is 7.83. The molecule has 0 spiro atoms. The number of pyridine rings is 2. The molecule has 168 valence electrons. The van der Waals surface area contributed by atoms with Crippen LogP contribution in [-0.4, -0.2) is 41.0 Å². The number of aromatic nitrogens is 2. The Morgan fingerprint density at radius 3 is 2.94 bits per heavy atom. The highest BCUT2D eigenvalue weighted by atomic mass is 32.2. The van der Waals surface area contributed by atoms with Crippen molar-refractivity contribution >= 4 is 29.4 Å². The number of nitrogens with zero attached hydrogens (tertiary/aromatic N) is 2. The lowest BCUT2D eigenvalue weighted by molar-refractivity contribution is -0.125. The Morgan fingerprint density at radius 2 is 2.22 bits per heavy atom. The molecule has 5 rings (SSSR count). The average Bonchev–Trinajstić information content (AvgIpc) is 3.35. The Hall–Kier alpha value is -2.65. The number of amides is 3. The van der Waals surface area contributed by atoms with Crippen molar-refractivity contribution in [3.05, 3.63) is 46.9 Å². The van der Waals surface area contributed by atoms with E-state index in [2.05, 4.69) is 46.2 Å². The van der Waals surface area contributed by atoms with E-state index in [9.17, 15) is 9.59 Å². The minimum atomic E-state index is -1.08.